The number of amides is 2. The molecule has 2 aromatic carbocycles. The molecule has 1 aliphatic heterocycles. The molecule has 0 radical (unpaired) electrons. The Morgan fingerprint density at radius 1 is 1.07 bits per heavy atom. The van der Waals surface area contributed by atoms with E-state index in [2.05, 4.69) is 19.1 Å². The van der Waals surface area contributed by atoms with Crippen molar-refractivity contribution >= 4 is 11.8 Å². The summed E-state index contributed by atoms with van der Waals surface area (Å²) in [6.45, 7) is 4.80. The first-order valence-corrected chi connectivity index (χ1v) is 9.57. The third-order valence-corrected chi connectivity index (χ3v) is 4.84. The summed E-state index contributed by atoms with van der Waals surface area (Å²) in [6.07, 6.45) is 2.08. The maximum Gasteiger partial charge on any atom is 0.254 e. The summed E-state index contributed by atoms with van der Waals surface area (Å²) in [6, 6.07) is 12.9. The van der Waals surface area contributed by atoms with Crippen molar-refractivity contribution in [1.82, 2.24) is 4.90 Å². The SMILES string of the molecule is CCCc1ccc([C@@H](C)N(CC(N)=O)C(=O)c2ccc3c(c2)OCCO3)cc1. The molecule has 0 aromatic heterocycles. The number of carbonyl (C=O) groups excluding carboxylic acids is 2. The zero-order chi connectivity index (χ0) is 20.1. The van der Waals surface area contributed by atoms with E-state index in [0.29, 0.717) is 30.3 Å². The lowest BCUT2D eigenvalue weighted by Crippen LogP contribution is -2.40. The highest BCUT2D eigenvalue weighted by atomic mass is 16.6. The Labute approximate surface area is 165 Å². The van der Waals surface area contributed by atoms with Gasteiger partial charge >= 0.3 is 0 Å². The molecule has 0 fully saturated rings. The predicted octanol–water partition coefficient (Wildman–Crippen LogP) is 3.10. The highest BCUT2D eigenvalue weighted by molar-refractivity contribution is 5.97. The average molecular weight is 382 g/mol. The van der Waals surface area contributed by atoms with Crippen LogP contribution in [0.5, 0.6) is 11.5 Å². The lowest BCUT2D eigenvalue weighted by molar-refractivity contribution is -0.119. The number of ether oxygens (including phenoxy) is 2. The first-order chi connectivity index (χ1) is 13.5. The number of nitrogens with two attached hydrogens (primary N) is 1. The summed E-state index contributed by atoms with van der Waals surface area (Å²) >= 11 is 0. The average Bonchev–Trinajstić information content (AvgIpc) is 2.71. The van der Waals surface area contributed by atoms with E-state index >= 15 is 0 Å². The van der Waals surface area contributed by atoms with Gasteiger partial charge in [-0.05, 0) is 42.7 Å². The van der Waals surface area contributed by atoms with Gasteiger partial charge in [-0.2, -0.15) is 0 Å². The van der Waals surface area contributed by atoms with Crippen molar-refractivity contribution < 1.29 is 19.1 Å². The van der Waals surface area contributed by atoms with Crippen LogP contribution in [0.4, 0.5) is 0 Å². The molecule has 28 heavy (non-hydrogen) atoms. The summed E-state index contributed by atoms with van der Waals surface area (Å²) in [4.78, 5) is 26.3. The number of rotatable bonds is 7. The molecule has 0 spiro atoms. The van der Waals surface area contributed by atoms with Crippen LogP contribution < -0.4 is 15.2 Å². The molecule has 1 atom stereocenters. The van der Waals surface area contributed by atoms with Crippen molar-refractivity contribution in [3.05, 3.63) is 59.2 Å². The van der Waals surface area contributed by atoms with Gasteiger partial charge in [0.15, 0.2) is 11.5 Å². The van der Waals surface area contributed by atoms with Crippen LogP contribution in [0.3, 0.4) is 0 Å². The molecule has 148 valence electrons. The fourth-order valence-corrected chi connectivity index (χ4v) is 3.33. The Kier molecular flexibility index (Phi) is 6.19. The number of aryl methyl sites for hydroxylation is 1. The monoisotopic (exact) mass is 382 g/mol. The topological polar surface area (TPSA) is 81.9 Å². The quantitative estimate of drug-likeness (QED) is 0.798. The standard InChI is InChI=1S/C22H26N2O4/c1-3-4-16-5-7-17(8-6-16)15(2)24(14-21(23)25)22(26)18-9-10-19-20(13-18)28-12-11-27-19/h5-10,13,15H,3-4,11-12,14H2,1-2H3,(H2,23,25)/t15-/m1/s1. The second kappa shape index (κ2) is 8.78. The molecule has 0 saturated heterocycles. The second-order valence-corrected chi connectivity index (χ2v) is 6.93. The summed E-state index contributed by atoms with van der Waals surface area (Å²) in [5, 5.41) is 0. The van der Waals surface area contributed by atoms with E-state index in [0.717, 1.165) is 18.4 Å². The predicted molar refractivity (Wildman–Crippen MR) is 107 cm³/mol. The van der Waals surface area contributed by atoms with E-state index in [1.54, 1.807) is 18.2 Å². The van der Waals surface area contributed by atoms with Crippen molar-refractivity contribution in [3.63, 3.8) is 0 Å². The molecule has 2 amide bonds. The van der Waals surface area contributed by atoms with Crippen molar-refractivity contribution in [2.45, 2.75) is 32.7 Å². The molecule has 6 nitrogen and oxygen atoms in total. The van der Waals surface area contributed by atoms with Gasteiger partial charge in [-0.1, -0.05) is 37.6 Å². The molecule has 0 aliphatic carbocycles. The number of fused-ring (bicyclic) bond motifs is 1. The molecular weight excluding hydrogens is 356 g/mol. The summed E-state index contributed by atoms with van der Waals surface area (Å²) in [5.41, 5.74) is 8.05. The second-order valence-electron chi connectivity index (χ2n) is 6.93. The van der Waals surface area contributed by atoms with Crippen molar-refractivity contribution in [1.29, 1.82) is 0 Å². The fourth-order valence-electron chi connectivity index (χ4n) is 3.33. The minimum absolute atomic E-state index is 0.162. The Morgan fingerprint density at radius 2 is 1.75 bits per heavy atom. The molecule has 6 heteroatoms. The van der Waals surface area contributed by atoms with Gasteiger partial charge in [0.2, 0.25) is 5.91 Å². The van der Waals surface area contributed by atoms with Crippen molar-refractivity contribution in [2.24, 2.45) is 5.73 Å². The molecular formula is C22H26N2O4. The number of hydrogen-bond acceptors (Lipinski definition) is 4. The summed E-state index contributed by atoms with van der Waals surface area (Å²) in [7, 11) is 0. The highest BCUT2D eigenvalue weighted by Crippen LogP contribution is 2.32. The largest absolute Gasteiger partial charge is 0.486 e. The van der Waals surface area contributed by atoms with E-state index in [9.17, 15) is 9.59 Å². The Balaban J connectivity index is 1.86. The van der Waals surface area contributed by atoms with E-state index < -0.39 is 5.91 Å². The maximum absolute atomic E-state index is 13.2. The molecule has 3 rings (SSSR count). The minimum Gasteiger partial charge on any atom is -0.486 e. The van der Waals surface area contributed by atoms with Gasteiger partial charge < -0.3 is 20.1 Å². The normalized spacial score (nSPS) is 13.6. The van der Waals surface area contributed by atoms with E-state index in [4.69, 9.17) is 15.2 Å². The smallest absolute Gasteiger partial charge is 0.254 e. The third kappa shape index (κ3) is 4.44. The fraction of sp³-hybridized carbons (Fsp3) is 0.364. The molecule has 1 heterocycles. The van der Waals surface area contributed by atoms with Gasteiger partial charge in [-0.25, -0.2) is 0 Å². The van der Waals surface area contributed by atoms with Crippen molar-refractivity contribution in [2.75, 3.05) is 19.8 Å². The van der Waals surface area contributed by atoms with Crippen LogP contribution >= 0.6 is 0 Å². The summed E-state index contributed by atoms with van der Waals surface area (Å²) < 4.78 is 11.1. The highest BCUT2D eigenvalue weighted by Gasteiger charge is 2.26. The minimum atomic E-state index is -0.555. The first kappa shape index (κ1) is 19.7. The zero-order valence-corrected chi connectivity index (χ0v) is 16.3. The van der Waals surface area contributed by atoms with E-state index in [1.165, 1.54) is 10.5 Å². The molecule has 1 aliphatic rings. The van der Waals surface area contributed by atoms with Crippen LogP contribution in [0.15, 0.2) is 42.5 Å². The van der Waals surface area contributed by atoms with E-state index in [1.807, 2.05) is 19.1 Å². The van der Waals surface area contributed by atoms with Crippen LogP contribution in [-0.2, 0) is 11.2 Å². The van der Waals surface area contributed by atoms with Crippen molar-refractivity contribution in [3.8, 4) is 11.5 Å². The van der Waals surface area contributed by atoms with Crippen LogP contribution in [-0.4, -0.2) is 36.5 Å². The Bertz CT molecular complexity index is 848. The lowest BCUT2D eigenvalue weighted by Gasteiger charge is -2.29. The Hall–Kier alpha value is -3.02. The van der Waals surface area contributed by atoms with E-state index in [-0.39, 0.29) is 18.5 Å². The summed E-state index contributed by atoms with van der Waals surface area (Å²) in [5.74, 6) is 0.317. The number of nitrogens with zero attached hydrogens (tertiary/aromatic N) is 1. The molecule has 0 unspecified atom stereocenters. The molecule has 0 saturated carbocycles. The molecule has 0 bridgehead atoms. The Morgan fingerprint density at radius 3 is 2.39 bits per heavy atom. The zero-order valence-electron chi connectivity index (χ0n) is 16.3. The molecule has 2 aromatic rings. The number of carbonyl (C=O) groups is 2. The maximum atomic E-state index is 13.2. The van der Waals surface area contributed by atoms with Crippen LogP contribution in [0.2, 0.25) is 0 Å². The number of benzene rings is 2. The number of primary amides is 1. The lowest BCUT2D eigenvalue weighted by atomic mass is 10.0. The molecule has 2 N–H and O–H groups in total. The van der Waals surface area contributed by atoms with Gasteiger partial charge in [0.25, 0.3) is 5.91 Å². The van der Waals surface area contributed by atoms with Gasteiger partial charge in [-0.3, -0.25) is 9.59 Å². The van der Waals surface area contributed by atoms with Gasteiger partial charge in [0, 0.05) is 5.56 Å². The van der Waals surface area contributed by atoms with Crippen LogP contribution in [0, 0.1) is 0 Å². The van der Waals surface area contributed by atoms with Crippen LogP contribution in [0.25, 0.3) is 0 Å². The third-order valence-electron chi connectivity index (χ3n) is 4.84. The number of hydrogen-bond donors (Lipinski definition) is 1. The van der Waals surface area contributed by atoms with Gasteiger partial charge in [-0.15, -0.1) is 0 Å². The van der Waals surface area contributed by atoms with Crippen LogP contribution in [0.1, 0.15) is 47.8 Å². The van der Waals surface area contributed by atoms with Gasteiger partial charge in [0.1, 0.15) is 19.8 Å². The van der Waals surface area contributed by atoms with Gasteiger partial charge in [0.05, 0.1) is 6.04 Å². The first-order valence-electron chi connectivity index (χ1n) is 9.57.